The van der Waals surface area contributed by atoms with Crippen molar-refractivity contribution in [2.75, 3.05) is 24.6 Å². The molecule has 0 unspecified atom stereocenters. The molecule has 1 saturated heterocycles. The molecule has 29 heavy (non-hydrogen) atoms. The first-order valence-electron chi connectivity index (χ1n) is 9.24. The summed E-state index contributed by atoms with van der Waals surface area (Å²) in [7, 11) is 1.61. The van der Waals surface area contributed by atoms with Gasteiger partial charge in [0.25, 0.3) is 0 Å². The van der Waals surface area contributed by atoms with Gasteiger partial charge in [0.15, 0.2) is 0 Å². The summed E-state index contributed by atoms with van der Waals surface area (Å²) in [5, 5.41) is 11.4. The first-order valence-corrected chi connectivity index (χ1v) is 10.6. The molecule has 148 valence electrons. The molecule has 1 atom stereocenters. The fourth-order valence-corrected chi connectivity index (χ4v) is 4.99. The lowest BCUT2D eigenvalue weighted by atomic mass is 9.86. The number of carbonyl (C=O) groups is 1. The van der Waals surface area contributed by atoms with Crippen molar-refractivity contribution >= 4 is 35.0 Å². The summed E-state index contributed by atoms with van der Waals surface area (Å²) in [5.74, 6) is 1.14. The second-order valence-corrected chi connectivity index (χ2v) is 8.41. The molecular weight excluding hydrogens is 406 g/mol. The highest BCUT2D eigenvalue weighted by Crippen LogP contribution is 2.43. The van der Waals surface area contributed by atoms with E-state index in [2.05, 4.69) is 11.0 Å². The van der Waals surface area contributed by atoms with Gasteiger partial charge < -0.3 is 9.64 Å². The van der Waals surface area contributed by atoms with E-state index < -0.39 is 0 Å². The Morgan fingerprint density at radius 1 is 1.28 bits per heavy atom. The van der Waals surface area contributed by atoms with Crippen LogP contribution in [0.15, 0.2) is 53.1 Å². The van der Waals surface area contributed by atoms with E-state index in [4.69, 9.17) is 16.3 Å². The van der Waals surface area contributed by atoms with Crippen LogP contribution < -0.4 is 9.64 Å². The van der Waals surface area contributed by atoms with E-state index in [-0.39, 0.29) is 18.2 Å². The molecule has 2 heterocycles. The quantitative estimate of drug-likeness (QED) is 0.701. The largest absolute Gasteiger partial charge is 0.497 e. The Morgan fingerprint density at radius 3 is 2.83 bits per heavy atom. The monoisotopic (exact) mass is 425 g/mol. The third kappa shape index (κ3) is 3.68. The average Bonchev–Trinajstić information content (AvgIpc) is 2.75. The SMILES string of the molecule is COc1cccc([C@@H]2CC(=O)N3CN(c4ccc(C)c(Cl)c4)CSC3=C2C#N)c1. The van der Waals surface area contributed by atoms with Crippen molar-refractivity contribution in [1.82, 2.24) is 4.90 Å². The molecule has 0 spiro atoms. The van der Waals surface area contributed by atoms with Gasteiger partial charge in [-0.05, 0) is 42.3 Å². The van der Waals surface area contributed by atoms with Crippen LogP contribution in [-0.2, 0) is 4.79 Å². The smallest absolute Gasteiger partial charge is 0.229 e. The molecule has 4 rings (SSSR count). The van der Waals surface area contributed by atoms with Gasteiger partial charge in [0.1, 0.15) is 5.75 Å². The number of halogens is 1. The number of rotatable bonds is 3. The zero-order valence-corrected chi connectivity index (χ0v) is 17.8. The third-order valence-electron chi connectivity index (χ3n) is 5.31. The van der Waals surface area contributed by atoms with Gasteiger partial charge >= 0.3 is 0 Å². The molecule has 7 heteroatoms. The van der Waals surface area contributed by atoms with Crippen LogP contribution in [0.5, 0.6) is 5.75 Å². The van der Waals surface area contributed by atoms with Gasteiger partial charge in [-0.25, -0.2) is 0 Å². The zero-order chi connectivity index (χ0) is 20.5. The van der Waals surface area contributed by atoms with Crippen LogP contribution >= 0.6 is 23.4 Å². The summed E-state index contributed by atoms with van der Waals surface area (Å²) in [6, 6.07) is 15.9. The molecule has 0 aromatic heterocycles. The summed E-state index contributed by atoms with van der Waals surface area (Å²) in [6.45, 7) is 2.38. The molecule has 2 aromatic carbocycles. The Bertz CT molecular complexity index is 1050. The molecule has 0 N–H and O–H groups in total. The van der Waals surface area contributed by atoms with Crippen molar-refractivity contribution in [3.8, 4) is 11.8 Å². The van der Waals surface area contributed by atoms with E-state index in [1.165, 1.54) is 11.8 Å². The third-order valence-corrected chi connectivity index (χ3v) is 6.87. The van der Waals surface area contributed by atoms with Crippen molar-refractivity contribution in [2.24, 2.45) is 0 Å². The number of benzene rings is 2. The van der Waals surface area contributed by atoms with Crippen LogP contribution in [-0.4, -0.2) is 30.5 Å². The van der Waals surface area contributed by atoms with E-state index in [9.17, 15) is 10.1 Å². The molecule has 0 saturated carbocycles. The first kappa shape index (κ1) is 19.7. The van der Waals surface area contributed by atoms with Crippen molar-refractivity contribution in [2.45, 2.75) is 19.3 Å². The normalized spacial score (nSPS) is 19.1. The standard InChI is InChI=1S/C22H20ClN3O2S/c1-14-6-7-16(9-20(14)23)25-12-26-21(27)10-18(19(11-24)22(26)29-13-25)15-4-3-5-17(8-15)28-2/h3-9,18H,10,12-13H2,1-2H3/t18-/m0/s1. The fourth-order valence-electron chi connectivity index (χ4n) is 3.65. The van der Waals surface area contributed by atoms with Gasteiger partial charge in [0.2, 0.25) is 5.91 Å². The molecule has 5 nitrogen and oxygen atoms in total. The summed E-state index contributed by atoms with van der Waals surface area (Å²) in [4.78, 5) is 16.8. The van der Waals surface area contributed by atoms with Gasteiger partial charge in [-0.15, -0.1) is 0 Å². The number of thioether (sulfide) groups is 1. The van der Waals surface area contributed by atoms with Crippen LogP contribution in [0, 0.1) is 18.3 Å². The summed E-state index contributed by atoms with van der Waals surface area (Å²) in [5.41, 5.74) is 3.55. The van der Waals surface area contributed by atoms with E-state index in [1.807, 2.05) is 49.4 Å². The Morgan fingerprint density at radius 2 is 2.10 bits per heavy atom. The number of hydrogen-bond donors (Lipinski definition) is 0. The average molecular weight is 426 g/mol. The molecule has 1 fully saturated rings. The lowest BCUT2D eigenvalue weighted by Gasteiger charge is -2.42. The second-order valence-electron chi connectivity index (χ2n) is 7.07. The highest BCUT2D eigenvalue weighted by Gasteiger charge is 2.38. The molecule has 2 aliphatic rings. The maximum Gasteiger partial charge on any atom is 0.229 e. The van der Waals surface area contributed by atoms with Crippen molar-refractivity contribution < 1.29 is 9.53 Å². The van der Waals surface area contributed by atoms with Gasteiger partial charge in [-0.3, -0.25) is 9.69 Å². The minimum absolute atomic E-state index is 0.0160. The van der Waals surface area contributed by atoms with E-state index in [0.717, 1.165) is 27.6 Å². The number of allylic oxidation sites excluding steroid dienone is 1. The highest BCUT2D eigenvalue weighted by molar-refractivity contribution is 8.03. The summed E-state index contributed by atoms with van der Waals surface area (Å²) >= 11 is 7.80. The predicted octanol–water partition coefficient (Wildman–Crippen LogP) is 4.88. The maximum absolute atomic E-state index is 13.0. The number of hydrogen-bond acceptors (Lipinski definition) is 5. The number of methoxy groups -OCH3 is 1. The zero-order valence-electron chi connectivity index (χ0n) is 16.2. The topological polar surface area (TPSA) is 56.6 Å². The second kappa shape index (κ2) is 8.02. The van der Waals surface area contributed by atoms with Crippen LogP contribution in [0.1, 0.15) is 23.5 Å². The number of ether oxygens (including phenoxy) is 1. The lowest BCUT2D eigenvalue weighted by molar-refractivity contribution is -0.129. The van der Waals surface area contributed by atoms with E-state index >= 15 is 0 Å². The Hall–Kier alpha value is -2.62. The Labute approximate surface area is 179 Å². The number of fused-ring (bicyclic) bond motifs is 1. The molecular formula is C22H20ClN3O2S. The first-order chi connectivity index (χ1) is 14.0. The van der Waals surface area contributed by atoms with Gasteiger partial charge in [0.05, 0.1) is 36.3 Å². The van der Waals surface area contributed by atoms with Crippen molar-refractivity contribution in [1.29, 1.82) is 5.26 Å². The predicted molar refractivity (Wildman–Crippen MR) is 116 cm³/mol. The molecule has 2 aromatic rings. The van der Waals surface area contributed by atoms with Crippen molar-refractivity contribution in [3.05, 3.63) is 69.2 Å². The maximum atomic E-state index is 13.0. The Kier molecular flexibility index (Phi) is 5.44. The van der Waals surface area contributed by atoms with Gasteiger partial charge in [0, 0.05) is 23.0 Å². The summed E-state index contributed by atoms with van der Waals surface area (Å²) < 4.78 is 5.31. The number of amides is 1. The van der Waals surface area contributed by atoms with Gasteiger partial charge in [-0.1, -0.05) is 41.6 Å². The number of anilines is 1. The highest BCUT2D eigenvalue weighted by atomic mass is 35.5. The minimum Gasteiger partial charge on any atom is -0.497 e. The van der Waals surface area contributed by atoms with Crippen LogP contribution in [0.2, 0.25) is 5.02 Å². The molecule has 1 amide bonds. The number of nitriles is 1. The minimum atomic E-state index is -0.248. The lowest BCUT2D eigenvalue weighted by Crippen LogP contribution is -2.47. The molecule has 0 bridgehead atoms. The number of aryl methyl sites for hydroxylation is 1. The van der Waals surface area contributed by atoms with Crippen molar-refractivity contribution in [3.63, 3.8) is 0 Å². The molecule has 2 aliphatic heterocycles. The molecule has 0 radical (unpaired) electrons. The fraction of sp³-hybridized carbons (Fsp3) is 0.273. The van der Waals surface area contributed by atoms with Crippen LogP contribution in [0.25, 0.3) is 0 Å². The Balaban J connectivity index is 1.66. The van der Waals surface area contributed by atoms with Crippen LogP contribution in [0.4, 0.5) is 5.69 Å². The van der Waals surface area contributed by atoms with Crippen LogP contribution in [0.3, 0.4) is 0 Å². The number of carbonyl (C=O) groups excluding carboxylic acids is 1. The molecule has 0 aliphatic carbocycles. The number of nitrogens with zero attached hydrogens (tertiary/aromatic N) is 3. The van der Waals surface area contributed by atoms with Gasteiger partial charge in [-0.2, -0.15) is 5.26 Å². The van der Waals surface area contributed by atoms with E-state index in [0.29, 0.717) is 23.1 Å². The summed E-state index contributed by atoms with van der Waals surface area (Å²) in [6.07, 6.45) is 0.266. The van der Waals surface area contributed by atoms with E-state index in [1.54, 1.807) is 12.0 Å².